The standard InChI is InChI=1S/C48H49NO15/c1-25-31(61-43(56)37-35(28-16-10-7-11-17-28)49(44(57)62-37)41(54)29-18-12-8-13-19-29)23-48(58)40(63-42(55)30-20-14-9-15-21-30)38-46(6,32(52)22-33-47(38,24-59-33)64-27(3)51)39(53)36(60-26(2)50)34(25)45(48,4)5/h7-21,31-33,35-38,40,52,58H,22-24H2,1-6H3/t31-,32-,33+,35-,36+,37+,38-,40-,46+,47-,48+/m0/s1. The van der Waals surface area contributed by atoms with Crippen LogP contribution in [0.2, 0.25) is 0 Å². The first-order valence-electron chi connectivity index (χ1n) is 21.0. The normalized spacial score (nSPS) is 33.8. The lowest BCUT2D eigenvalue weighted by Crippen LogP contribution is -2.82. The van der Waals surface area contributed by atoms with E-state index < -0.39 is 119 Å². The summed E-state index contributed by atoms with van der Waals surface area (Å²) in [6.07, 6.45) is -11.4. The molecular formula is C48H49NO15. The van der Waals surface area contributed by atoms with Gasteiger partial charge in [-0.05, 0) is 54.8 Å². The van der Waals surface area contributed by atoms with E-state index in [1.807, 2.05) is 0 Å². The molecule has 16 heteroatoms. The van der Waals surface area contributed by atoms with E-state index in [9.17, 15) is 39.0 Å². The number of rotatable bonds is 8. The van der Waals surface area contributed by atoms with Crippen molar-refractivity contribution in [1.82, 2.24) is 4.90 Å². The third kappa shape index (κ3) is 6.81. The number of benzene rings is 3. The van der Waals surface area contributed by atoms with Gasteiger partial charge >= 0.3 is 30.0 Å². The lowest BCUT2D eigenvalue weighted by molar-refractivity contribution is -0.346. The lowest BCUT2D eigenvalue weighted by atomic mass is 9.44. The Hall–Kier alpha value is -6.23. The highest BCUT2D eigenvalue weighted by molar-refractivity contribution is 6.05. The van der Waals surface area contributed by atoms with Gasteiger partial charge in [0.15, 0.2) is 17.5 Å². The van der Waals surface area contributed by atoms with Gasteiger partial charge in [0.25, 0.3) is 5.91 Å². The summed E-state index contributed by atoms with van der Waals surface area (Å²) < 4.78 is 36.2. The number of ether oxygens (including phenoxy) is 6. The Kier molecular flexibility index (Phi) is 11.2. The summed E-state index contributed by atoms with van der Waals surface area (Å²) in [5.41, 5.74) is -7.21. The summed E-state index contributed by atoms with van der Waals surface area (Å²) in [5, 5.41) is 25.9. The van der Waals surface area contributed by atoms with Crippen molar-refractivity contribution in [3.05, 3.63) is 119 Å². The molecule has 2 heterocycles. The summed E-state index contributed by atoms with van der Waals surface area (Å²) in [7, 11) is 0. The molecule has 0 unspecified atom stereocenters. The number of nitrogens with zero attached hydrogens (tertiary/aromatic N) is 1. The topological polar surface area (TPSA) is 219 Å². The zero-order chi connectivity index (χ0) is 46.1. The van der Waals surface area contributed by atoms with E-state index in [1.54, 1.807) is 80.6 Å². The molecule has 3 aliphatic carbocycles. The van der Waals surface area contributed by atoms with E-state index in [1.165, 1.54) is 38.1 Å². The number of cyclic esters (lactones) is 1. The molecule has 2 saturated heterocycles. The Balaban J connectivity index is 1.29. The minimum Gasteiger partial charge on any atom is -0.455 e. The smallest absolute Gasteiger partial charge is 0.418 e. The number of carbonyl (C=O) groups excluding carboxylic acids is 7. The molecule has 2 saturated carbocycles. The summed E-state index contributed by atoms with van der Waals surface area (Å²) in [6, 6.07) is 22.7. The van der Waals surface area contributed by atoms with Gasteiger partial charge in [0.2, 0.25) is 6.10 Å². The molecule has 3 aromatic rings. The van der Waals surface area contributed by atoms with Crippen LogP contribution in [0.1, 0.15) is 86.7 Å². The number of carbonyl (C=O) groups is 7. The molecule has 0 spiro atoms. The molecule has 2 aliphatic heterocycles. The van der Waals surface area contributed by atoms with Gasteiger partial charge in [0, 0.05) is 37.7 Å². The van der Waals surface area contributed by atoms with E-state index in [4.69, 9.17) is 28.4 Å². The van der Waals surface area contributed by atoms with Crippen molar-refractivity contribution in [2.75, 3.05) is 6.61 Å². The van der Waals surface area contributed by atoms with Crippen LogP contribution in [0.15, 0.2) is 102 Å². The van der Waals surface area contributed by atoms with Crippen molar-refractivity contribution in [1.29, 1.82) is 0 Å². The first-order valence-corrected chi connectivity index (χ1v) is 21.0. The van der Waals surface area contributed by atoms with Gasteiger partial charge in [-0.2, -0.15) is 0 Å². The van der Waals surface area contributed by atoms with Crippen LogP contribution < -0.4 is 0 Å². The van der Waals surface area contributed by atoms with Crippen LogP contribution in [0.25, 0.3) is 0 Å². The van der Waals surface area contributed by atoms with Crippen molar-refractivity contribution in [2.24, 2.45) is 16.7 Å². The van der Waals surface area contributed by atoms with Gasteiger partial charge in [-0.25, -0.2) is 19.3 Å². The Labute approximate surface area is 368 Å². The number of fused-ring (bicyclic) bond motifs is 5. The van der Waals surface area contributed by atoms with Crippen LogP contribution in [-0.2, 0) is 47.6 Å². The van der Waals surface area contributed by atoms with E-state index in [2.05, 4.69) is 0 Å². The fourth-order valence-electron chi connectivity index (χ4n) is 10.8. The number of esters is 4. The third-order valence-electron chi connectivity index (χ3n) is 14.0. The molecule has 16 nitrogen and oxygen atoms in total. The number of hydrogen-bond donors (Lipinski definition) is 2. The quantitative estimate of drug-likeness (QED) is 0.179. The SMILES string of the molecule is CC(=O)O[C@H]1C(=O)[C@@]2(C)[C@H]([C@H](OC(=O)c3ccccc3)[C@]3(O)C[C@H](OC(=O)[C@@H]4OC(=O)N(C(=O)c5ccccc5)[C@H]4c4ccccc4)C(C)=C1C3(C)C)[C@]1(OC(C)=O)CO[C@@H]1C[C@@H]2O. The van der Waals surface area contributed by atoms with Gasteiger partial charge in [0.1, 0.15) is 30.0 Å². The summed E-state index contributed by atoms with van der Waals surface area (Å²) in [4.78, 5) is 99.1. The zero-order valence-electron chi connectivity index (χ0n) is 36.0. The molecule has 11 atom stereocenters. The third-order valence-corrected chi connectivity index (χ3v) is 14.0. The molecule has 0 radical (unpaired) electrons. The molecule has 0 aromatic heterocycles. The summed E-state index contributed by atoms with van der Waals surface area (Å²) in [6.45, 7) is 7.95. The molecule has 2 N–H and O–H groups in total. The van der Waals surface area contributed by atoms with Crippen molar-refractivity contribution < 1.29 is 72.2 Å². The fraction of sp³-hybridized carbons (Fsp3) is 0.438. The molecule has 5 aliphatic rings. The second kappa shape index (κ2) is 16.1. The Morgan fingerprint density at radius 3 is 1.95 bits per heavy atom. The molecule has 3 aromatic carbocycles. The van der Waals surface area contributed by atoms with Crippen LogP contribution in [0.3, 0.4) is 0 Å². The molecule has 336 valence electrons. The second-order valence-corrected chi connectivity index (χ2v) is 17.9. The predicted molar refractivity (Wildman–Crippen MR) is 221 cm³/mol. The highest BCUT2D eigenvalue weighted by Gasteiger charge is 2.78. The van der Waals surface area contributed by atoms with Gasteiger partial charge in [-0.15, -0.1) is 0 Å². The molecule has 2 amide bonds. The van der Waals surface area contributed by atoms with E-state index >= 15 is 4.79 Å². The number of imide groups is 1. The molecule has 4 fully saturated rings. The van der Waals surface area contributed by atoms with Gasteiger partial charge in [0.05, 0.1) is 29.6 Å². The minimum atomic E-state index is -2.41. The van der Waals surface area contributed by atoms with Crippen molar-refractivity contribution >= 4 is 41.7 Å². The van der Waals surface area contributed by atoms with Crippen molar-refractivity contribution in [2.45, 2.75) is 108 Å². The number of aliphatic hydroxyl groups is 2. The van der Waals surface area contributed by atoms with E-state index in [0.29, 0.717) is 5.56 Å². The Bertz CT molecular complexity index is 2440. The lowest BCUT2D eigenvalue weighted by Gasteiger charge is -2.67. The monoisotopic (exact) mass is 879 g/mol. The van der Waals surface area contributed by atoms with Crippen molar-refractivity contribution in [3.8, 4) is 0 Å². The average Bonchev–Trinajstić information content (AvgIpc) is 3.61. The maximum absolute atomic E-state index is 15.6. The summed E-state index contributed by atoms with van der Waals surface area (Å²) in [5.74, 6) is -6.94. The van der Waals surface area contributed by atoms with Gasteiger partial charge in [-0.1, -0.05) is 80.6 Å². The Morgan fingerprint density at radius 2 is 1.39 bits per heavy atom. The summed E-state index contributed by atoms with van der Waals surface area (Å²) >= 11 is 0. The molecule has 64 heavy (non-hydrogen) atoms. The first-order chi connectivity index (χ1) is 30.3. The van der Waals surface area contributed by atoms with Gasteiger partial charge < -0.3 is 38.6 Å². The minimum absolute atomic E-state index is 0.00990. The number of ketones is 1. The zero-order valence-corrected chi connectivity index (χ0v) is 36.0. The Morgan fingerprint density at radius 1 is 0.797 bits per heavy atom. The van der Waals surface area contributed by atoms with Crippen LogP contribution in [0.5, 0.6) is 0 Å². The highest BCUT2D eigenvalue weighted by Crippen LogP contribution is 2.64. The first kappa shape index (κ1) is 44.4. The van der Waals surface area contributed by atoms with Crippen LogP contribution in [0.4, 0.5) is 4.79 Å². The van der Waals surface area contributed by atoms with Crippen molar-refractivity contribution in [3.63, 3.8) is 0 Å². The predicted octanol–water partition coefficient (Wildman–Crippen LogP) is 4.61. The number of aliphatic hydroxyl groups excluding tert-OH is 1. The fourth-order valence-corrected chi connectivity index (χ4v) is 10.8. The van der Waals surface area contributed by atoms with Gasteiger partial charge in [-0.3, -0.25) is 19.2 Å². The van der Waals surface area contributed by atoms with E-state index in [0.717, 1.165) is 18.7 Å². The molecular weight excluding hydrogens is 831 g/mol. The second-order valence-electron chi connectivity index (χ2n) is 17.9. The molecule has 8 rings (SSSR count). The van der Waals surface area contributed by atoms with Crippen LogP contribution in [0, 0.1) is 16.7 Å². The number of amides is 2. The van der Waals surface area contributed by atoms with Crippen LogP contribution in [-0.4, -0.2) is 111 Å². The highest BCUT2D eigenvalue weighted by atomic mass is 16.6. The van der Waals surface area contributed by atoms with E-state index in [-0.39, 0.29) is 35.3 Å². The number of Topliss-reactive ketones (excluding diaryl/α,β-unsaturated/α-hetero) is 1. The van der Waals surface area contributed by atoms with Crippen LogP contribution >= 0.6 is 0 Å². The largest absolute Gasteiger partial charge is 0.455 e. The number of hydrogen-bond acceptors (Lipinski definition) is 15. The molecule has 2 bridgehead atoms. The maximum atomic E-state index is 15.6. The average molecular weight is 880 g/mol. The maximum Gasteiger partial charge on any atom is 0.418 e.